The summed E-state index contributed by atoms with van der Waals surface area (Å²) in [6, 6.07) is 1.75. The fourth-order valence-corrected chi connectivity index (χ4v) is 2.18. The molecule has 0 aliphatic heterocycles. The molecule has 0 spiro atoms. The van der Waals surface area contributed by atoms with Crippen molar-refractivity contribution in [1.82, 2.24) is 0 Å². The number of rotatable bonds is 0. The van der Waals surface area contributed by atoms with Crippen molar-refractivity contribution in [2.24, 2.45) is 0 Å². The molecule has 0 aromatic carbocycles. The minimum atomic E-state index is -0.441. The van der Waals surface area contributed by atoms with Gasteiger partial charge in [-0.2, -0.15) is 5.26 Å². The molecule has 5 nitrogen and oxygen atoms in total. The molecule has 0 heterocycles. The second-order valence-electron chi connectivity index (χ2n) is 5.06. The SMILES string of the molecule is CC#N.O[C@@H]1CCCC[C@H]1O.O[C@@H]1CCCC[C@H]1O.[Te]. The van der Waals surface area contributed by atoms with E-state index in [1.165, 1.54) is 6.92 Å². The molecule has 2 fully saturated rings. The average Bonchev–Trinajstić information content (AvgIpc) is 2.38. The van der Waals surface area contributed by atoms with E-state index < -0.39 is 24.4 Å². The van der Waals surface area contributed by atoms with Gasteiger partial charge in [0.25, 0.3) is 0 Å². The van der Waals surface area contributed by atoms with Crippen LogP contribution in [-0.2, 0) is 0 Å². The average molecular weight is 401 g/mol. The van der Waals surface area contributed by atoms with Gasteiger partial charge in [0.15, 0.2) is 0 Å². The summed E-state index contributed by atoms with van der Waals surface area (Å²) in [5.74, 6) is 0. The first-order valence-electron chi connectivity index (χ1n) is 7.06. The van der Waals surface area contributed by atoms with Gasteiger partial charge in [0.1, 0.15) is 0 Å². The Labute approximate surface area is 138 Å². The van der Waals surface area contributed by atoms with Gasteiger partial charge in [0.05, 0.1) is 30.5 Å². The van der Waals surface area contributed by atoms with E-state index in [-0.39, 0.29) is 23.7 Å². The molecule has 0 aromatic rings. The van der Waals surface area contributed by atoms with Gasteiger partial charge < -0.3 is 20.4 Å². The Kier molecular flexibility index (Phi) is 15.8. The second-order valence-corrected chi connectivity index (χ2v) is 5.06. The second kappa shape index (κ2) is 14.1. The third-order valence-electron chi connectivity index (χ3n) is 3.39. The first-order valence-corrected chi connectivity index (χ1v) is 7.06. The van der Waals surface area contributed by atoms with E-state index >= 15 is 0 Å². The van der Waals surface area contributed by atoms with Crippen molar-refractivity contribution >= 4 is 23.7 Å². The van der Waals surface area contributed by atoms with E-state index in [4.69, 9.17) is 25.7 Å². The first kappa shape index (κ1) is 22.4. The van der Waals surface area contributed by atoms with Gasteiger partial charge in [0.2, 0.25) is 0 Å². The molecule has 2 aliphatic rings. The molecule has 118 valence electrons. The van der Waals surface area contributed by atoms with E-state index in [0.29, 0.717) is 0 Å². The number of aliphatic hydroxyl groups excluding tert-OH is 4. The number of nitrogens with zero attached hydrogens (tertiary/aromatic N) is 1. The Bertz CT molecular complexity index is 220. The monoisotopic (exact) mass is 403 g/mol. The quantitative estimate of drug-likeness (QED) is 0.448. The molecule has 0 unspecified atom stereocenters. The molecule has 2 aliphatic carbocycles. The molecule has 0 aromatic heterocycles. The minimum absolute atomic E-state index is 0. The van der Waals surface area contributed by atoms with Crippen LogP contribution in [-0.4, -0.2) is 68.5 Å². The summed E-state index contributed by atoms with van der Waals surface area (Å²) in [7, 11) is 0. The Balaban J connectivity index is 0. The Hall–Kier alpha value is 0.120. The summed E-state index contributed by atoms with van der Waals surface area (Å²) >= 11 is 0. The van der Waals surface area contributed by atoms with Crippen LogP contribution in [0, 0.1) is 11.3 Å². The molecule has 2 radical (unpaired) electrons. The Morgan fingerprint density at radius 3 is 0.950 bits per heavy atom. The van der Waals surface area contributed by atoms with Crippen LogP contribution in [0.5, 0.6) is 0 Å². The smallest absolute Gasteiger partial charge is 0.0799 e. The van der Waals surface area contributed by atoms with Crippen molar-refractivity contribution in [3.8, 4) is 6.07 Å². The summed E-state index contributed by atoms with van der Waals surface area (Å²) in [5.41, 5.74) is 0. The van der Waals surface area contributed by atoms with Crippen LogP contribution < -0.4 is 0 Å². The van der Waals surface area contributed by atoms with Crippen molar-refractivity contribution in [3.63, 3.8) is 0 Å². The molecule has 6 heteroatoms. The van der Waals surface area contributed by atoms with E-state index in [2.05, 4.69) is 0 Å². The van der Waals surface area contributed by atoms with E-state index in [1.807, 2.05) is 0 Å². The standard InChI is InChI=1S/2C6H12O2.C2H3N.Te/c2*7-5-3-1-2-4-6(5)8;1-2-3;/h2*5-8H,1-4H2;1H3;/t2*5-,6-;;/m11../s1. The van der Waals surface area contributed by atoms with Gasteiger partial charge in [0, 0.05) is 30.6 Å². The summed E-state index contributed by atoms with van der Waals surface area (Å²) in [6.45, 7) is 1.43. The molecule has 0 saturated heterocycles. The van der Waals surface area contributed by atoms with Crippen LogP contribution in [0.25, 0.3) is 0 Å². The zero-order chi connectivity index (χ0) is 14.7. The molecule has 4 N–H and O–H groups in total. The molecule has 0 amide bonds. The first-order chi connectivity index (χ1) is 9.02. The van der Waals surface area contributed by atoms with Gasteiger partial charge in [-0.15, -0.1) is 0 Å². The maximum atomic E-state index is 8.93. The third kappa shape index (κ3) is 10.9. The molecule has 4 atom stereocenters. The van der Waals surface area contributed by atoms with E-state index in [0.717, 1.165) is 51.4 Å². The Morgan fingerprint density at radius 2 is 0.850 bits per heavy atom. The minimum Gasteiger partial charge on any atom is -0.390 e. The van der Waals surface area contributed by atoms with Gasteiger partial charge >= 0.3 is 0 Å². The van der Waals surface area contributed by atoms with E-state index in [1.54, 1.807) is 6.07 Å². The van der Waals surface area contributed by atoms with Gasteiger partial charge in [-0.25, -0.2) is 0 Å². The van der Waals surface area contributed by atoms with Crippen molar-refractivity contribution in [2.75, 3.05) is 0 Å². The number of hydrogen-bond acceptors (Lipinski definition) is 5. The van der Waals surface area contributed by atoms with Crippen LogP contribution in [0.2, 0.25) is 0 Å². The summed E-state index contributed by atoms with van der Waals surface area (Å²) in [4.78, 5) is 0. The molecule has 0 bridgehead atoms. The summed E-state index contributed by atoms with van der Waals surface area (Å²) in [6.07, 6.45) is 5.62. The zero-order valence-corrected chi connectivity index (χ0v) is 14.4. The summed E-state index contributed by atoms with van der Waals surface area (Å²) in [5, 5.41) is 43.0. The van der Waals surface area contributed by atoms with Crippen LogP contribution in [0.15, 0.2) is 0 Å². The van der Waals surface area contributed by atoms with Crippen LogP contribution in [0.3, 0.4) is 0 Å². The fraction of sp³-hybridized carbons (Fsp3) is 0.929. The fourth-order valence-electron chi connectivity index (χ4n) is 2.18. The normalized spacial score (nSPS) is 32.2. The third-order valence-corrected chi connectivity index (χ3v) is 3.39. The van der Waals surface area contributed by atoms with Crippen LogP contribution >= 0.6 is 0 Å². The van der Waals surface area contributed by atoms with Crippen molar-refractivity contribution in [3.05, 3.63) is 0 Å². The van der Waals surface area contributed by atoms with Crippen molar-refractivity contribution in [2.45, 2.75) is 82.7 Å². The number of hydrogen-bond donors (Lipinski definition) is 4. The molecule has 2 rings (SSSR count). The summed E-state index contributed by atoms with van der Waals surface area (Å²) < 4.78 is 0. The molecule has 20 heavy (non-hydrogen) atoms. The van der Waals surface area contributed by atoms with Crippen molar-refractivity contribution in [1.29, 1.82) is 5.26 Å². The van der Waals surface area contributed by atoms with Crippen LogP contribution in [0.4, 0.5) is 0 Å². The predicted octanol–water partition coefficient (Wildman–Crippen LogP) is 0.713. The van der Waals surface area contributed by atoms with Gasteiger partial charge in [-0.3, -0.25) is 0 Å². The van der Waals surface area contributed by atoms with Crippen molar-refractivity contribution < 1.29 is 20.4 Å². The number of nitriles is 1. The van der Waals surface area contributed by atoms with Gasteiger partial charge in [-0.05, 0) is 25.7 Å². The van der Waals surface area contributed by atoms with Crippen LogP contribution in [0.1, 0.15) is 58.3 Å². The number of aliphatic hydroxyl groups is 4. The predicted molar refractivity (Wildman–Crippen MR) is 78.0 cm³/mol. The van der Waals surface area contributed by atoms with E-state index in [9.17, 15) is 0 Å². The largest absolute Gasteiger partial charge is 0.390 e. The molecular weight excluding hydrogens is 374 g/mol. The molecular formula is C14H27NO4Te. The molecule has 2 saturated carbocycles. The maximum Gasteiger partial charge on any atom is 0.0799 e. The Morgan fingerprint density at radius 1 is 0.700 bits per heavy atom. The van der Waals surface area contributed by atoms with Gasteiger partial charge in [-0.1, -0.05) is 25.7 Å². The zero-order valence-electron chi connectivity index (χ0n) is 12.1. The maximum absolute atomic E-state index is 8.93. The topological polar surface area (TPSA) is 105 Å².